The molecule has 1 aromatic carbocycles. The van der Waals surface area contributed by atoms with Gasteiger partial charge < -0.3 is 5.11 Å². The van der Waals surface area contributed by atoms with Crippen molar-refractivity contribution in [3.8, 4) is 0 Å². The number of carbonyl (C=O) groups excluding carboxylic acids is 1. The van der Waals surface area contributed by atoms with E-state index in [0.717, 1.165) is 43.2 Å². The van der Waals surface area contributed by atoms with Crippen molar-refractivity contribution in [3.63, 3.8) is 0 Å². The number of allylic oxidation sites excluding steroid dienone is 2. The lowest BCUT2D eigenvalue weighted by atomic mass is 10.0. The molecular weight excluding hydrogens is 308 g/mol. The number of hydrogen-bond donors (Lipinski definition) is 1. The second kappa shape index (κ2) is 12.9. The molecule has 0 amide bonds. The van der Waals surface area contributed by atoms with Gasteiger partial charge in [-0.3, -0.25) is 4.79 Å². The molecule has 2 rings (SSSR count). The van der Waals surface area contributed by atoms with Crippen LogP contribution in [0.5, 0.6) is 0 Å². The third-order valence-electron chi connectivity index (χ3n) is 4.87. The number of unbranched alkanes of at least 4 members (excludes halogenated alkanes) is 4. The van der Waals surface area contributed by atoms with Gasteiger partial charge in [-0.1, -0.05) is 81.9 Å². The molecule has 140 valence electrons. The van der Waals surface area contributed by atoms with Crippen molar-refractivity contribution in [1.29, 1.82) is 0 Å². The first-order valence-corrected chi connectivity index (χ1v) is 10.0. The van der Waals surface area contributed by atoms with Crippen molar-refractivity contribution in [1.82, 2.24) is 0 Å². The van der Waals surface area contributed by atoms with Crippen LogP contribution in [0, 0.1) is 0 Å². The highest BCUT2D eigenvalue weighted by atomic mass is 16.3. The monoisotopic (exact) mass is 344 g/mol. The maximum Gasteiger partial charge on any atom is 0.159 e. The Bertz CT molecular complexity index is 516. The van der Waals surface area contributed by atoms with Crippen LogP contribution in [0.1, 0.15) is 96.6 Å². The molecule has 0 fully saturated rings. The molecule has 1 unspecified atom stereocenters. The van der Waals surface area contributed by atoms with Gasteiger partial charge in [-0.05, 0) is 43.7 Å². The minimum atomic E-state index is -0.271. The second-order valence-electron chi connectivity index (χ2n) is 7.06. The summed E-state index contributed by atoms with van der Waals surface area (Å²) in [5, 5.41) is 9.75. The Morgan fingerprint density at radius 1 is 0.960 bits per heavy atom. The first kappa shape index (κ1) is 21.6. The van der Waals surface area contributed by atoms with Crippen LogP contribution in [-0.4, -0.2) is 10.9 Å². The van der Waals surface area contributed by atoms with Crippen molar-refractivity contribution in [2.45, 2.75) is 91.1 Å². The van der Waals surface area contributed by atoms with E-state index < -0.39 is 0 Å². The van der Waals surface area contributed by atoms with Crippen molar-refractivity contribution in [3.05, 3.63) is 47.0 Å². The highest BCUT2D eigenvalue weighted by Gasteiger charge is 2.18. The van der Waals surface area contributed by atoms with Crippen LogP contribution in [-0.2, 0) is 4.79 Å². The highest BCUT2D eigenvalue weighted by Crippen LogP contribution is 2.26. The normalized spacial score (nSPS) is 15.1. The van der Waals surface area contributed by atoms with E-state index in [2.05, 4.69) is 20.8 Å². The van der Waals surface area contributed by atoms with Gasteiger partial charge in [0.25, 0.3) is 0 Å². The summed E-state index contributed by atoms with van der Waals surface area (Å²) in [5.74, 6) is 0.406. The Balaban J connectivity index is 0.000000251. The first-order valence-electron chi connectivity index (χ1n) is 10.0. The van der Waals surface area contributed by atoms with Gasteiger partial charge in [0, 0.05) is 6.42 Å². The zero-order valence-electron chi connectivity index (χ0n) is 16.4. The lowest BCUT2D eigenvalue weighted by molar-refractivity contribution is -0.115. The fourth-order valence-electron chi connectivity index (χ4n) is 3.17. The minimum absolute atomic E-state index is 0.271. The number of Topliss-reactive ketones (excluding diaryl/α,β-unsaturated/α-hetero) is 1. The van der Waals surface area contributed by atoms with E-state index in [0.29, 0.717) is 5.78 Å². The van der Waals surface area contributed by atoms with Gasteiger partial charge in [0.1, 0.15) is 0 Å². The second-order valence-corrected chi connectivity index (χ2v) is 7.06. The summed E-state index contributed by atoms with van der Waals surface area (Å²) in [6.45, 7) is 6.47. The molecule has 0 aliphatic heterocycles. The van der Waals surface area contributed by atoms with Crippen LogP contribution < -0.4 is 0 Å². The molecule has 2 heteroatoms. The van der Waals surface area contributed by atoms with Gasteiger partial charge in [-0.25, -0.2) is 0 Å². The van der Waals surface area contributed by atoms with Gasteiger partial charge in [-0.2, -0.15) is 0 Å². The van der Waals surface area contributed by atoms with Crippen LogP contribution in [0.4, 0.5) is 0 Å². The molecule has 1 aliphatic rings. The fourth-order valence-corrected chi connectivity index (χ4v) is 3.17. The van der Waals surface area contributed by atoms with Crippen molar-refractivity contribution in [2.75, 3.05) is 0 Å². The number of hydrogen-bond acceptors (Lipinski definition) is 2. The molecule has 1 N–H and O–H groups in total. The van der Waals surface area contributed by atoms with Crippen LogP contribution >= 0.6 is 0 Å². The van der Waals surface area contributed by atoms with E-state index >= 15 is 0 Å². The predicted octanol–water partition coefficient (Wildman–Crippen LogP) is 6.55. The Morgan fingerprint density at radius 2 is 1.60 bits per heavy atom. The van der Waals surface area contributed by atoms with Crippen LogP contribution in [0.15, 0.2) is 41.5 Å². The van der Waals surface area contributed by atoms with E-state index in [-0.39, 0.29) is 6.10 Å². The number of aliphatic hydroxyl groups is 1. The molecule has 25 heavy (non-hydrogen) atoms. The summed E-state index contributed by atoms with van der Waals surface area (Å²) in [6.07, 6.45) is 10.6. The smallest absolute Gasteiger partial charge is 0.159 e. The van der Waals surface area contributed by atoms with E-state index in [1.165, 1.54) is 37.7 Å². The predicted molar refractivity (Wildman–Crippen MR) is 107 cm³/mol. The molecule has 1 aliphatic carbocycles. The van der Waals surface area contributed by atoms with Gasteiger partial charge in [-0.15, -0.1) is 0 Å². The third kappa shape index (κ3) is 8.49. The number of carbonyl (C=O) groups is 1. The molecule has 2 nitrogen and oxygen atoms in total. The minimum Gasteiger partial charge on any atom is -0.388 e. The van der Waals surface area contributed by atoms with Gasteiger partial charge in [0.05, 0.1) is 6.10 Å². The Hall–Kier alpha value is -1.41. The Morgan fingerprint density at radius 3 is 2.16 bits per heavy atom. The summed E-state index contributed by atoms with van der Waals surface area (Å²) in [5.41, 5.74) is 3.53. The lowest BCUT2D eigenvalue weighted by Gasteiger charge is -2.09. The zero-order valence-corrected chi connectivity index (χ0v) is 16.4. The number of rotatable bonds is 9. The van der Waals surface area contributed by atoms with E-state index in [1.807, 2.05) is 30.3 Å². The van der Waals surface area contributed by atoms with Gasteiger partial charge in [0.15, 0.2) is 5.78 Å². The molecule has 0 aromatic heterocycles. The van der Waals surface area contributed by atoms with Crippen molar-refractivity contribution < 1.29 is 9.90 Å². The molecule has 0 saturated carbocycles. The van der Waals surface area contributed by atoms with E-state index in [1.54, 1.807) is 0 Å². The average Bonchev–Trinajstić information content (AvgIpc) is 2.95. The quantitative estimate of drug-likeness (QED) is 0.516. The SMILES string of the molecule is CCCCCC(O)c1ccccc1.CCCCCC1=C(C)CCC1=O. The summed E-state index contributed by atoms with van der Waals surface area (Å²) < 4.78 is 0. The summed E-state index contributed by atoms with van der Waals surface area (Å²) >= 11 is 0. The molecule has 0 radical (unpaired) electrons. The third-order valence-corrected chi connectivity index (χ3v) is 4.87. The molecule has 0 heterocycles. The largest absolute Gasteiger partial charge is 0.388 e. The van der Waals surface area contributed by atoms with Crippen LogP contribution in [0.25, 0.3) is 0 Å². The molecule has 0 spiro atoms. The highest BCUT2D eigenvalue weighted by molar-refractivity contribution is 5.98. The van der Waals surface area contributed by atoms with Crippen molar-refractivity contribution >= 4 is 5.78 Å². The molecule has 1 aromatic rings. The summed E-state index contributed by atoms with van der Waals surface area (Å²) in [6, 6.07) is 9.88. The summed E-state index contributed by atoms with van der Waals surface area (Å²) in [7, 11) is 0. The van der Waals surface area contributed by atoms with E-state index in [9.17, 15) is 9.90 Å². The van der Waals surface area contributed by atoms with Crippen LogP contribution in [0.2, 0.25) is 0 Å². The summed E-state index contributed by atoms with van der Waals surface area (Å²) in [4.78, 5) is 11.3. The van der Waals surface area contributed by atoms with Gasteiger partial charge in [0.2, 0.25) is 0 Å². The topological polar surface area (TPSA) is 37.3 Å². The number of aliphatic hydroxyl groups excluding tert-OH is 1. The Labute approximate surface area is 154 Å². The maximum absolute atomic E-state index is 11.3. The van der Waals surface area contributed by atoms with E-state index in [4.69, 9.17) is 0 Å². The number of benzene rings is 1. The molecule has 1 atom stereocenters. The molecule has 0 bridgehead atoms. The molecule has 0 saturated heterocycles. The van der Waals surface area contributed by atoms with Gasteiger partial charge >= 0.3 is 0 Å². The van der Waals surface area contributed by atoms with Crippen LogP contribution in [0.3, 0.4) is 0 Å². The first-order chi connectivity index (χ1) is 12.1. The maximum atomic E-state index is 11.3. The molecular formula is C23H36O2. The Kier molecular flexibility index (Phi) is 11.1. The standard InChI is InChI=1S/C12H18O.C11H18O/c1-2-3-5-10-12(13)11-8-6-4-7-9-11;1-3-4-5-6-10-9(2)7-8-11(10)12/h4,6-9,12-13H,2-3,5,10H2,1H3;3-8H2,1-2H3. The van der Waals surface area contributed by atoms with Crippen molar-refractivity contribution in [2.24, 2.45) is 0 Å². The fraction of sp³-hybridized carbons (Fsp3) is 0.609. The zero-order chi connectivity index (χ0) is 18.5. The lowest BCUT2D eigenvalue weighted by Crippen LogP contribution is -1.96. The average molecular weight is 345 g/mol. The number of ketones is 1.